The second-order valence-corrected chi connectivity index (χ2v) is 16.3. The lowest BCUT2D eigenvalue weighted by Crippen LogP contribution is -2.02. The largest absolute Gasteiger partial charge is 0.394 e. The summed E-state index contributed by atoms with van der Waals surface area (Å²) in [6.07, 6.45) is 51.5. The number of benzene rings is 1. The van der Waals surface area contributed by atoms with Gasteiger partial charge in [-0.25, -0.2) is 0 Å². The third-order valence-corrected chi connectivity index (χ3v) is 10.5. The fourth-order valence-corrected chi connectivity index (χ4v) is 7.40. The molecule has 0 radical (unpaired) electrons. The number of hydrogen-bond donors (Lipinski definition) is 2. The Morgan fingerprint density at radius 3 is 0.800 bits per heavy atom. The number of hydrogen-bond acceptors (Lipinski definition) is 2. The SMILES string of the molecule is CCCCCCCCCCCCCc1cccc(CCCCCCCCCCCCC)c1CCCCCCCCCCCCC.O=S(=O)(O)O. The smallest absolute Gasteiger partial charge is 0.264 e. The van der Waals surface area contributed by atoms with Gasteiger partial charge in [0.1, 0.15) is 0 Å². The summed E-state index contributed by atoms with van der Waals surface area (Å²) in [5.41, 5.74) is 5.18. The van der Waals surface area contributed by atoms with E-state index in [1.54, 1.807) is 16.7 Å². The van der Waals surface area contributed by atoms with Gasteiger partial charge in [0.2, 0.25) is 0 Å². The van der Waals surface area contributed by atoms with E-state index in [0.29, 0.717) is 0 Å². The Hall–Kier alpha value is -0.910. The fraction of sp³-hybridized carbons (Fsp3) is 0.867. The van der Waals surface area contributed by atoms with Gasteiger partial charge in [-0.2, -0.15) is 8.42 Å². The average Bonchev–Trinajstić information content (AvgIpc) is 3.08. The maximum atomic E-state index is 8.74. The highest BCUT2D eigenvalue weighted by Gasteiger charge is 2.09. The molecule has 4 nitrogen and oxygen atoms in total. The minimum absolute atomic E-state index is 1.32. The molecule has 0 aromatic heterocycles. The Kier molecular flexibility index (Phi) is 37.1. The third-order valence-electron chi connectivity index (χ3n) is 10.5. The molecule has 0 spiro atoms. The third kappa shape index (κ3) is 36.9. The van der Waals surface area contributed by atoms with Crippen LogP contribution in [0.4, 0.5) is 0 Å². The van der Waals surface area contributed by atoms with Crippen LogP contribution in [-0.2, 0) is 29.7 Å². The lowest BCUT2D eigenvalue weighted by atomic mass is 9.90. The van der Waals surface area contributed by atoms with Gasteiger partial charge in [0.05, 0.1) is 0 Å². The average molecular weight is 723 g/mol. The van der Waals surface area contributed by atoms with Crippen LogP contribution >= 0.6 is 0 Å². The van der Waals surface area contributed by atoms with Crippen molar-refractivity contribution >= 4 is 10.4 Å². The molecule has 0 aliphatic rings. The van der Waals surface area contributed by atoms with Gasteiger partial charge in [-0.05, 0) is 55.2 Å². The van der Waals surface area contributed by atoms with Crippen LogP contribution in [0.2, 0.25) is 0 Å². The molecule has 5 heteroatoms. The van der Waals surface area contributed by atoms with Gasteiger partial charge >= 0.3 is 10.4 Å². The molecule has 0 bridgehead atoms. The van der Waals surface area contributed by atoms with Crippen LogP contribution in [0, 0.1) is 0 Å². The minimum Gasteiger partial charge on any atom is -0.264 e. The van der Waals surface area contributed by atoms with E-state index in [1.807, 2.05) is 0 Å². The molecule has 1 aromatic rings. The highest BCUT2D eigenvalue weighted by molar-refractivity contribution is 7.79. The molecule has 50 heavy (non-hydrogen) atoms. The Morgan fingerprint density at radius 2 is 0.560 bits per heavy atom. The van der Waals surface area contributed by atoms with Gasteiger partial charge in [-0.3, -0.25) is 9.11 Å². The van der Waals surface area contributed by atoms with Crippen LogP contribution in [0.25, 0.3) is 0 Å². The van der Waals surface area contributed by atoms with E-state index in [0.717, 1.165) is 0 Å². The predicted octanol–water partition coefficient (Wildman–Crippen LogP) is 15.6. The maximum Gasteiger partial charge on any atom is 0.394 e. The van der Waals surface area contributed by atoms with Crippen molar-refractivity contribution in [1.29, 1.82) is 0 Å². The quantitative estimate of drug-likeness (QED) is 0.0534. The van der Waals surface area contributed by atoms with E-state index >= 15 is 0 Å². The summed E-state index contributed by atoms with van der Waals surface area (Å²) in [4.78, 5) is 0. The second kappa shape index (κ2) is 37.8. The molecule has 0 saturated carbocycles. The maximum absolute atomic E-state index is 8.74. The summed E-state index contributed by atoms with van der Waals surface area (Å²) in [5.74, 6) is 0. The first kappa shape index (κ1) is 49.1. The Morgan fingerprint density at radius 1 is 0.360 bits per heavy atom. The van der Waals surface area contributed by atoms with Gasteiger partial charge in [0, 0.05) is 0 Å². The lowest BCUT2D eigenvalue weighted by Gasteiger charge is -2.16. The second-order valence-electron chi connectivity index (χ2n) is 15.4. The highest BCUT2D eigenvalue weighted by atomic mass is 32.3. The molecule has 0 unspecified atom stereocenters. The number of aryl methyl sites for hydroxylation is 2. The molecule has 0 saturated heterocycles. The van der Waals surface area contributed by atoms with Gasteiger partial charge in [-0.1, -0.05) is 232 Å². The van der Waals surface area contributed by atoms with Crippen LogP contribution in [0.1, 0.15) is 249 Å². The molecule has 0 aliphatic carbocycles. The van der Waals surface area contributed by atoms with E-state index < -0.39 is 10.4 Å². The van der Waals surface area contributed by atoms with Crippen molar-refractivity contribution in [3.05, 3.63) is 34.9 Å². The molecule has 1 aromatic carbocycles. The van der Waals surface area contributed by atoms with Crippen LogP contribution in [0.5, 0.6) is 0 Å². The molecule has 0 heterocycles. The van der Waals surface area contributed by atoms with Crippen LogP contribution in [-0.4, -0.2) is 17.5 Å². The zero-order chi connectivity index (χ0) is 36.8. The van der Waals surface area contributed by atoms with Crippen molar-refractivity contribution in [3.8, 4) is 0 Å². The summed E-state index contributed by atoms with van der Waals surface area (Å²) >= 11 is 0. The van der Waals surface area contributed by atoms with Crippen molar-refractivity contribution < 1.29 is 17.5 Å². The first-order valence-corrected chi connectivity index (χ1v) is 23.5. The van der Waals surface area contributed by atoms with Gasteiger partial charge < -0.3 is 0 Å². The van der Waals surface area contributed by atoms with Crippen molar-refractivity contribution in [2.45, 2.75) is 252 Å². The summed E-state index contributed by atoms with van der Waals surface area (Å²) < 4.78 is 31.6. The molecule has 0 amide bonds. The van der Waals surface area contributed by atoms with Crippen molar-refractivity contribution in [3.63, 3.8) is 0 Å². The van der Waals surface area contributed by atoms with Gasteiger partial charge in [-0.15, -0.1) is 0 Å². The topological polar surface area (TPSA) is 74.6 Å². The standard InChI is InChI=1S/C45H84.H2O4S/c1-4-7-10-13-16-19-22-25-28-31-34-38-43-40-37-41-44(39-35-32-29-26-23-20-17-14-11-8-5-2)45(43)42-36-33-30-27-24-21-18-15-12-9-6-3;1-5(2,3)4/h37,40-41H,4-36,38-39,42H2,1-3H3;(H2,1,2,3,4). The highest BCUT2D eigenvalue weighted by Crippen LogP contribution is 2.24. The first-order chi connectivity index (χ1) is 24.3. The summed E-state index contributed by atoms with van der Waals surface area (Å²) in [7, 11) is -4.67. The van der Waals surface area contributed by atoms with E-state index in [2.05, 4.69) is 39.0 Å². The minimum atomic E-state index is -4.67. The van der Waals surface area contributed by atoms with Crippen molar-refractivity contribution in [2.75, 3.05) is 0 Å². The summed E-state index contributed by atoms with van der Waals surface area (Å²) in [6, 6.07) is 7.38. The monoisotopic (exact) mass is 723 g/mol. The summed E-state index contributed by atoms with van der Waals surface area (Å²) in [5, 5.41) is 0. The lowest BCUT2D eigenvalue weighted by molar-refractivity contribution is 0.381. The summed E-state index contributed by atoms with van der Waals surface area (Å²) in [6.45, 7) is 6.95. The van der Waals surface area contributed by atoms with E-state index in [1.165, 1.54) is 231 Å². The van der Waals surface area contributed by atoms with Crippen molar-refractivity contribution in [1.82, 2.24) is 0 Å². The Balaban J connectivity index is 0.00000445. The molecule has 2 N–H and O–H groups in total. The van der Waals surface area contributed by atoms with Crippen LogP contribution < -0.4 is 0 Å². The van der Waals surface area contributed by atoms with E-state index in [4.69, 9.17) is 17.5 Å². The van der Waals surface area contributed by atoms with Crippen LogP contribution in [0.3, 0.4) is 0 Å². The normalized spacial score (nSPS) is 11.5. The zero-order valence-corrected chi connectivity index (χ0v) is 34.6. The zero-order valence-electron chi connectivity index (χ0n) is 33.8. The first-order valence-electron chi connectivity index (χ1n) is 22.1. The Labute approximate surface area is 313 Å². The molecule has 0 aliphatic heterocycles. The van der Waals surface area contributed by atoms with Gasteiger partial charge in [0.25, 0.3) is 0 Å². The number of rotatable bonds is 36. The molecule has 1 rings (SSSR count). The molecular weight excluding hydrogens is 637 g/mol. The van der Waals surface area contributed by atoms with Crippen molar-refractivity contribution in [2.24, 2.45) is 0 Å². The predicted molar refractivity (Wildman–Crippen MR) is 221 cm³/mol. The molecule has 296 valence electrons. The van der Waals surface area contributed by atoms with Crippen LogP contribution in [0.15, 0.2) is 18.2 Å². The fourth-order valence-electron chi connectivity index (χ4n) is 7.40. The van der Waals surface area contributed by atoms with E-state index in [9.17, 15) is 0 Å². The molecule has 0 fully saturated rings. The van der Waals surface area contributed by atoms with Gasteiger partial charge in [0.15, 0.2) is 0 Å². The molecular formula is C45H86O4S. The van der Waals surface area contributed by atoms with E-state index in [-0.39, 0.29) is 0 Å². The number of unbranched alkanes of at least 4 members (excludes halogenated alkanes) is 30. The molecule has 0 atom stereocenters. The Bertz CT molecular complexity index is 877.